The molecule has 0 bridgehead atoms. The van der Waals surface area contributed by atoms with Crippen molar-refractivity contribution >= 4 is 53.3 Å². The summed E-state index contributed by atoms with van der Waals surface area (Å²) in [7, 11) is 0. The van der Waals surface area contributed by atoms with Gasteiger partial charge >= 0.3 is 0 Å². The molecule has 0 aliphatic carbocycles. The molecule has 0 saturated heterocycles. The minimum Gasteiger partial charge on any atom is -0.321 e. The standard InChI is InChI=1S/C29H26N2S/c1-17(2)20-12-14-22-23-10-7-11-24(28(23)32-26(22)16-20)29-30-27-21-9-6-5-8-19(21)13-15-25(27)31(29)18(3)4/h5-18H,1-4H3. The van der Waals surface area contributed by atoms with E-state index in [1.807, 2.05) is 11.3 Å². The Kier molecular flexibility index (Phi) is 4.38. The fraction of sp³-hybridized carbons (Fsp3) is 0.207. The molecule has 32 heavy (non-hydrogen) atoms. The Morgan fingerprint density at radius 1 is 0.781 bits per heavy atom. The van der Waals surface area contributed by atoms with Gasteiger partial charge in [-0.3, -0.25) is 0 Å². The minimum absolute atomic E-state index is 0.313. The van der Waals surface area contributed by atoms with E-state index in [-0.39, 0.29) is 0 Å². The van der Waals surface area contributed by atoms with Crippen LogP contribution in [0.5, 0.6) is 0 Å². The average molecular weight is 435 g/mol. The molecule has 2 heterocycles. The molecule has 0 atom stereocenters. The zero-order valence-electron chi connectivity index (χ0n) is 18.9. The summed E-state index contributed by atoms with van der Waals surface area (Å²) in [6.45, 7) is 9.02. The number of hydrogen-bond acceptors (Lipinski definition) is 2. The van der Waals surface area contributed by atoms with Gasteiger partial charge < -0.3 is 4.57 Å². The van der Waals surface area contributed by atoms with Crippen molar-refractivity contribution in [3.63, 3.8) is 0 Å². The highest BCUT2D eigenvalue weighted by Crippen LogP contribution is 2.42. The Labute approximate surface area is 192 Å². The lowest BCUT2D eigenvalue weighted by Gasteiger charge is -2.14. The van der Waals surface area contributed by atoms with Gasteiger partial charge in [0.2, 0.25) is 0 Å². The second-order valence-electron chi connectivity index (χ2n) is 9.25. The predicted octanol–water partition coefficient (Wildman–Crippen LogP) is 8.93. The Morgan fingerprint density at radius 3 is 2.41 bits per heavy atom. The second kappa shape index (κ2) is 7.18. The number of fused-ring (bicyclic) bond motifs is 6. The summed E-state index contributed by atoms with van der Waals surface area (Å²) in [5.41, 5.74) is 4.91. The highest BCUT2D eigenvalue weighted by molar-refractivity contribution is 7.26. The van der Waals surface area contributed by atoms with Crippen LogP contribution in [0.1, 0.15) is 45.2 Å². The number of thiophene rings is 1. The molecule has 6 rings (SSSR count). The fourth-order valence-corrected chi connectivity index (χ4v) is 6.15. The van der Waals surface area contributed by atoms with E-state index < -0.39 is 0 Å². The van der Waals surface area contributed by atoms with Gasteiger partial charge in [0.05, 0.1) is 11.0 Å². The number of benzene rings is 4. The maximum absolute atomic E-state index is 5.27. The van der Waals surface area contributed by atoms with Gasteiger partial charge in [0.1, 0.15) is 5.82 Å². The SMILES string of the molecule is CC(C)c1ccc2c(c1)sc1c(-c3nc4c5ccccc5ccc4n3C(C)C)cccc12. The molecule has 4 aromatic carbocycles. The van der Waals surface area contributed by atoms with Crippen LogP contribution in [0.25, 0.3) is 53.4 Å². The van der Waals surface area contributed by atoms with Crippen LogP contribution in [-0.2, 0) is 0 Å². The molecular formula is C29H26N2S. The van der Waals surface area contributed by atoms with Gasteiger partial charge in [-0.1, -0.05) is 68.4 Å². The van der Waals surface area contributed by atoms with Gasteiger partial charge in [-0.15, -0.1) is 11.3 Å². The van der Waals surface area contributed by atoms with Crippen molar-refractivity contribution in [3.8, 4) is 11.4 Å². The molecule has 0 unspecified atom stereocenters. The maximum Gasteiger partial charge on any atom is 0.142 e. The number of aromatic nitrogens is 2. The van der Waals surface area contributed by atoms with Crippen molar-refractivity contribution in [2.75, 3.05) is 0 Å². The quantitative estimate of drug-likeness (QED) is 0.272. The first-order chi connectivity index (χ1) is 15.5. The van der Waals surface area contributed by atoms with E-state index in [1.54, 1.807) is 0 Å². The molecule has 2 nitrogen and oxygen atoms in total. The van der Waals surface area contributed by atoms with Crippen LogP contribution in [0.15, 0.2) is 72.8 Å². The van der Waals surface area contributed by atoms with Crippen molar-refractivity contribution < 1.29 is 0 Å². The predicted molar refractivity (Wildman–Crippen MR) is 140 cm³/mol. The molecule has 0 saturated carbocycles. The molecule has 0 aliphatic heterocycles. The Morgan fingerprint density at radius 2 is 1.59 bits per heavy atom. The normalized spacial score (nSPS) is 12.3. The third-order valence-electron chi connectivity index (χ3n) is 6.53. The summed E-state index contributed by atoms with van der Waals surface area (Å²) >= 11 is 1.90. The molecule has 0 fully saturated rings. The van der Waals surface area contributed by atoms with Gasteiger partial charge in [-0.2, -0.15) is 0 Å². The lowest BCUT2D eigenvalue weighted by Crippen LogP contribution is -2.03. The van der Waals surface area contributed by atoms with Crippen molar-refractivity contribution in [2.45, 2.75) is 39.7 Å². The van der Waals surface area contributed by atoms with Crippen molar-refractivity contribution in [1.29, 1.82) is 0 Å². The van der Waals surface area contributed by atoms with E-state index in [0.717, 1.165) is 11.3 Å². The van der Waals surface area contributed by atoms with E-state index in [1.165, 1.54) is 47.6 Å². The zero-order chi connectivity index (χ0) is 22.0. The molecule has 2 aromatic heterocycles. The lowest BCUT2D eigenvalue weighted by atomic mass is 10.0. The summed E-state index contributed by atoms with van der Waals surface area (Å²) < 4.78 is 5.08. The van der Waals surface area contributed by atoms with Crippen molar-refractivity contribution in [3.05, 3.63) is 78.4 Å². The van der Waals surface area contributed by atoms with Gasteiger partial charge in [0.25, 0.3) is 0 Å². The molecule has 0 N–H and O–H groups in total. The van der Waals surface area contributed by atoms with Gasteiger partial charge in [-0.25, -0.2) is 4.98 Å². The fourth-order valence-electron chi connectivity index (χ4n) is 4.89. The van der Waals surface area contributed by atoms with Crippen LogP contribution in [0.3, 0.4) is 0 Å². The minimum atomic E-state index is 0.313. The third kappa shape index (κ3) is 2.81. The third-order valence-corrected chi connectivity index (χ3v) is 7.73. The van der Waals surface area contributed by atoms with Crippen LogP contribution < -0.4 is 0 Å². The van der Waals surface area contributed by atoms with E-state index in [0.29, 0.717) is 12.0 Å². The number of imidazole rings is 1. The lowest BCUT2D eigenvalue weighted by molar-refractivity contribution is 0.625. The molecule has 158 valence electrons. The summed E-state index contributed by atoms with van der Waals surface area (Å²) in [4.78, 5) is 5.27. The maximum atomic E-state index is 5.27. The van der Waals surface area contributed by atoms with Crippen molar-refractivity contribution in [2.24, 2.45) is 0 Å². The Bertz CT molecular complexity index is 1630. The number of nitrogens with zero attached hydrogens (tertiary/aromatic N) is 2. The summed E-state index contributed by atoms with van der Waals surface area (Å²) in [6, 6.07) is 26.9. The zero-order valence-corrected chi connectivity index (χ0v) is 19.7. The first-order valence-electron chi connectivity index (χ1n) is 11.4. The van der Waals surface area contributed by atoms with Gasteiger partial charge in [0, 0.05) is 37.2 Å². The van der Waals surface area contributed by atoms with Crippen LogP contribution in [0.4, 0.5) is 0 Å². The highest BCUT2D eigenvalue weighted by Gasteiger charge is 2.20. The van der Waals surface area contributed by atoms with Gasteiger partial charge in [0.15, 0.2) is 0 Å². The first-order valence-corrected chi connectivity index (χ1v) is 12.2. The van der Waals surface area contributed by atoms with Crippen LogP contribution in [0, 0.1) is 0 Å². The molecule has 0 aliphatic rings. The van der Waals surface area contributed by atoms with Crippen LogP contribution in [0.2, 0.25) is 0 Å². The van der Waals surface area contributed by atoms with E-state index in [4.69, 9.17) is 4.98 Å². The smallest absolute Gasteiger partial charge is 0.142 e. The summed E-state index contributed by atoms with van der Waals surface area (Å²) in [5, 5.41) is 5.12. The number of hydrogen-bond donors (Lipinski definition) is 0. The van der Waals surface area contributed by atoms with Crippen LogP contribution in [-0.4, -0.2) is 9.55 Å². The van der Waals surface area contributed by atoms with E-state index in [2.05, 4.69) is 105 Å². The van der Waals surface area contributed by atoms with E-state index >= 15 is 0 Å². The topological polar surface area (TPSA) is 17.8 Å². The molecular weight excluding hydrogens is 408 g/mol. The average Bonchev–Trinajstić information content (AvgIpc) is 3.37. The van der Waals surface area contributed by atoms with Crippen molar-refractivity contribution in [1.82, 2.24) is 9.55 Å². The first kappa shape index (κ1) is 19.5. The monoisotopic (exact) mass is 434 g/mol. The molecule has 6 aromatic rings. The summed E-state index contributed by atoms with van der Waals surface area (Å²) in [6.07, 6.45) is 0. The van der Waals surface area contributed by atoms with Crippen LogP contribution >= 0.6 is 11.3 Å². The summed E-state index contributed by atoms with van der Waals surface area (Å²) in [5.74, 6) is 1.59. The Balaban J connectivity index is 1.69. The number of rotatable bonds is 3. The van der Waals surface area contributed by atoms with E-state index in [9.17, 15) is 0 Å². The highest BCUT2D eigenvalue weighted by atomic mass is 32.1. The largest absolute Gasteiger partial charge is 0.321 e. The molecule has 3 heteroatoms. The molecule has 0 radical (unpaired) electrons. The Hall–Kier alpha value is -3.17. The van der Waals surface area contributed by atoms with Gasteiger partial charge in [-0.05, 0) is 48.9 Å². The second-order valence-corrected chi connectivity index (χ2v) is 10.3. The molecule has 0 amide bonds. The molecule has 0 spiro atoms.